The molecule has 1 heterocycles. The number of carbonyl (C=O) groups is 1. The highest BCUT2D eigenvalue weighted by atomic mass is 16.5. The summed E-state index contributed by atoms with van der Waals surface area (Å²) in [5, 5.41) is 12.4. The molecule has 0 bridgehead atoms. The number of methoxy groups -OCH3 is 1. The summed E-state index contributed by atoms with van der Waals surface area (Å²) in [6.07, 6.45) is 2.65. The Hall–Kier alpha value is -1.62. The highest BCUT2D eigenvalue weighted by molar-refractivity contribution is 5.88. The molecule has 0 aliphatic heterocycles. The van der Waals surface area contributed by atoms with Crippen LogP contribution in [0.2, 0.25) is 0 Å². The molecule has 0 saturated heterocycles. The van der Waals surface area contributed by atoms with Gasteiger partial charge in [0, 0.05) is 26.0 Å². The number of anilines is 1. The molecule has 0 spiro atoms. The number of hydrogen-bond acceptors (Lipinski definition) is 4. The van der Waals surface area contributed by atoms with Crippen molar-refractivity contribution in [3.8, 4) is 0 Å². The van der Waals surface area contributed by atoms with Gasteiger partial charge >= 0.3 is 5.97 Å². The predicted molar refractivity (Wildman–Crippen MR) is 84.0 cm³/mol. The van der Waals surface area contributed by atoms with Crippen LogP contribution in [-0.4, -0.2) is 36.3 Å². The standard InChI is InChI=1S/C16H26N2O3/c1-5-6-13-9-12(15(19)20)10-14(18-13)17-11-16(2,3)7-8-21-4/h9-10H,5-8,11H2,1-4H3,(H,17,18)(H,19,20). The molecule has 0 fully saturated rings. The molecule has 0 aliphatic carbocycles. The van der Waals surface area contributed by atoms with E-state index in [-0.39, 0.29) is 11.0 Å². The third-order valence-electron chi connectivity index (χ3n) is 3.36. The van der Waals surface area contributed by atoms with Crippen molar-refractivity contribution in [1.29, 1.82) is 0 Å². The summed E-state index contributed by atoms with van der Waals surface area (Å²) in [7, 11) is 1.69. The first kappa shape index (κ1) is 17.4. The Balaban J connectivity index is 2.79. The van der Waals surface area contributed by atoms with Crippen LogP contribution in [0.25, 0.3) is 0 Å². The summed E-state index contributed by atoms with van der Waals surface area (Å²) < 4.78 is 5.11. The average Bonchev–Trinajstić information content (AvgIpc) is 2.43. The Morgan fingerprint density at radius 1 is 1.43 bits per heavy atom. The van der Waals surface area contributed by atoms with Crippen molar-refractivity contribution < 1.29 is 14.6 Å². The molecular formula is C16H26N2O3. The number of pyridine rings is 1. The summed E-state index contributed by atoms with van der Waals surface area (Å²) in [5.74, 6) is -0.291. The Labute approximate surface area is 126 Å². The van der Waals surface area contributed by atoms with Crippen molar-refractivity contribution >= 4 is 11.8 Å². The smallest absolute Gasteiger partial charge is 0.335 e. The van der Waals surface area contributed by atoms with Gasteiger partial charge < -0.3 is 15.2 Å². The van der Waals surface area contributed by atoms with Crippen molar-refractivity contribution in [2.45, 2.75) is 40.0 Å². The molecule has 21 heavy (non-hydrogen) atoms. The van der Waals surface area contributed by atoms with Crippen molar-refractivity contribution in [3.05, 3.63) is 23.4 Å². The van der Waals surface area contributed by atoms with Crippen LogP contribution in [0.4, 0.5) is 5.82 Å². The van der Waals surface area contributed by atoms with Gasteiger partial charge in [-0.3, -0.25) is 0 Å². The molecule has 0 amide bonds. The fourth-order valence-electron chi connectivity index (χ4n) is 1.98. The van der Waals surface area contributed by atoms with Crippen LogP contribution in [0.3, 0.4) is 0 Å². The van der Waals surface area contributed by atoms with E-state index in [0.29, 0.717) is 12.4 Å². The molecule has 0 unspecified atom stereocenters. The van der Waals surface area contributed by atoms with Crippen LogP contribution in [-0.2, 0) is 11.2 Å². The molecule has 1 aromatic heterocycles. The molecule has 2 N–H and O–H groups in total. The number of carboxylic acids is 1. The monoisotopic (exact) mass is 294 g/mol. The Morgan fingerprint density at radius 2 is 2.14 bits per heavy atom. The average molecular weight is 294 g/mol. The zero-order chi connectivity index (χ0) is 15.9. The fraction of sp³-hybridized carbons (Fsp3) is 0.625. The second kappa shape index (κ2) is 7.98. The second-order valence-electron chi connectivity index (χ2n) is 6.05. The number of carboxylic acid groups (broad SMARTS) is 1. The van der Waals surface area contributed by atoms with E-state index in [2.05, 4.69) is 31.1 Å². The number of nitrogens with one attached hydrogen (secondary N) is 1. The third-order valence-corrected chi connectivity index (χ3v) is 3.36. The largest absolute Gasteiger partial charge is 0.478 e. The van der Waals surface area contributed by atoms with Gasteiger partial charge in [0.05, 0.1) is 5.56 Å². The minimum atomic E-state index is -0.920. The highest BCUT2D eigenvalue weighted by Crippen LogP contribution is 2.21. The summed E-state index contributed by atoms with van der Waals surface area (Å²) in [6, 6.07) is 3.24. The molecule has 0 aromatic carbocycles. The zero-order valence-electron chi connectivity index (χ0n) is 13.4. The van der Waals surface area contributed by atoms with Crippen LogP contribution in [0.15, 0.2) is 12.1 Å². The van der Waals surface area contributed by atoms with Crippen LogP contribution in [0, 0.1) is 5.41 Å². The number of hydrogen-bond donors (Lipinski definition) is 2. The van der Waals surface area contributed by atoms with Crippen molar-refractivity contribution in [1.82, 2.24) is 4.98 Å². The van der Waals surface area contributed by atoms with Gasteiger partial charge in [-0.1, -0.05) is 27.2 Å². The van der Waals surface area contributed by atoms with Crippen molar-refractivity contribution in [2.24, 2.45) is 5.41 Å². The number of aromatic carboxylic acids is 1. The van der Waals surface area contributed by atoms with E-state index in [4.69, 9.17) is 4.74 Å². The fourth-order valence-corrected chi connectivity index (χ4v) is 1.98. The lowest BCUT2D eigenvalue weighted by Crippen LogP contribution is -2.25. The van der Waals surface area contributed by atoms with E-state index in [0.717, 1.165) is 31.5 Å². The molecule has 0 aliphatic rings. The van der Waals surface area contributed by atoms with Gasteiger partial charge in [0.1, 0.15) is 5.82 Å². The summed E-state index contributed by atoms with van der Waals surface area (Å²) >= 11 is 0. The lowest BCUT2D eigenvalue weighted by atomic mass is 9.90. The summed E-state index contributed by atoms with van der Waals surface area (Å²) in [5.41, 5.74) is 1.15. The molecule has 5 heteroatoms. The van der Waals surface area contributed by atoms with Crippen molar-refractivity contribution in [3.63, 3.8) is 0 Å². The van der Waals surface area contributed by atoms with E-state index in [1.165, 1.54) is 0 Å². The van der Waals surface area contributed by atoms with E-state index in [1.807, 2.05) is 0 Å². The summed E-state index contributed by atoms with van der Waals surface area (Å²) in [6.45, 7) is 7.77. The SMILES string of the molecule is CCCc1cc(C(=O)O)cc(NCC(C)(C)CCOC)n1. The molecular weight excluding hydrogens is 268 g/mol. The first-order valence-corrected chi connectivity index (χ1v) is 7.35. The summed E-state index contributed by atoms with van der Waals surface area (Å²) in [4.78, 5) is 15.7. The molecule has 1 rings (SSSR count). The molecule has 118 valence electrons. The molecule has 0 atom stereocenters. The highest BCUT2D eigenvalue weighted by Gasteiger charge is 2.18. The lowest BCUT2D eigenvalue weighted by Gasteiger charge is -2.25. The molecule has 1 aromatic rings. The van der Waals surface area contributed by atoms with Crippen molar-refractivity contribution in [2.75, 3.05) is 25.6 Å². The van der Waals surface area contributed by atoms with E-state index < -0.39 is 5.97 Å². The van der Waals surface area contributed by atoms with Crippen LogP contribution >= 0.6 is 0 Å². The maximum absolute atomic E-state index is 11.2. The molecule has 0 radical (unpaired) electrons. The minimum Gasteiger partial charge on any atom is -0.478 e. The van der Waals surface area contributed by atoms with Gasteiger partial charge in [-0.25, -0.2) is 9.78 Å². The normalized spacial score (nSPS) is 11.4. The van der Waals surface area contributed by atoms with Gasteiger partial charge in [-0.2, -0.15) is 0 Å². The zero-order valence-corrected chi connectivity index (χ0v) is 13.4. The topological polar surface area (TPSA) is 71.5 Å². The van der Waals surface area contributed by atoms with Gasteiger partial charge in [0.15, 0.2) is 0 Å². The first-order valence-electron chi connectivity index (χ1n) is 7.35. The molecule has 0 saturated carbocycles. The van der Waals surface area contributed by atoms with Gasteiger partial charge in [-0.05, 0) is 30.4 Å². The second-order valence-corrected chi connectivity index (χ2v) is 6.05. The molecule has 5 nitrogen and oxygen atoms in total. The van der Waals surface area contributed by atoms with Gasteiger partial charge in [0.2, 0.25) is 0 Å². The predicted octanol–water partition coefficient (Wildman–Crippen LogP) is 3.21. The third kappa shape index (κ3) is 6.12. The maximum Gasteiger partial charge on any atom is 0.335 e. The first-order chi connectivity index (χ1) is 9.88. The number of aryl methyl sites for hydroxylation is 1. The Kier molecular flexibility index (Phi) is 6.62. The Morgan fingerprint density at radius 3 is 2.71 bits per heavy atom. The van der Waals surface area contributed by atoms with E-state index >= 15 is 0 Å². The Bertz CT molecular complexity index is 473. The number of ether oxygens (including phenoxy) is 1. The van der Waals surface area contributed by atoms with E-state index in [1.54, 1.807) is 19.2 Å². The number of nitrogens with zero attached hydrogens (tertiary/aromatic N) is 1. The van der Waals surface area contributed by atoms with Gasteiger partial charge in [0.25, 0.3) is 0 Å². The number of rotatable bonds is 9. The minimum absolute atomic E-state index is 0.0574. The quantitative estimate of drug-likeness (QED) is 0.731. The van der Waals surface area contributed by atoms with Crippen LogP contribution in [0.5, 0.6) is 0 Å². The van der Waals surface area contributed by atoms with E-state index in [9.17, 15) is 9.90 Å². The van der Waals surface area contributed by atoms with Gasteiger partial charge in [-0.15, -0.1) is 0 Å². The van der Waals surface area contributed by atoms with Crippen LogP contribution in [0.1, 0.15) is 49.7 Å². The van der Waals surface area contributed by atoms with Crippen LogP contribution < -0.4 is 5.32 Å². The lowest BCUT2D eigenvalue weighted by molar-refractivity contribution is 0.0696. The maximum atomic E-state index is 11.2. The number of aromatic nitrogens is 1.